The summed E-state index contributed by atoms with van der Waals surface area (Å²) in [5.74, 6) is -1.12. The number of hydrogen-bond donors (Lipinski definition) is 2. The number of carboxylic acid groups (broad SMARTS) is 1. The van der Waals surface area contributed by atoms with E-state index in [0.29, 0.717) is 13.1 Å². The van der Waals surface area contributed by atoms with Crippen molar-refractivity contribution in [3.05, 3.63) is 53.9 Å². The van der Waals surface area contributed by atoms with Crippen LogP contribution in [0.3, 0.4) is 0 Å². The van der Waals surface area contributed by atoms with Gasteiger partial charge in [-0.15, -0.1) is 0 Å². The molecule has 0 bridgehead atoms. The Morgan fingerprint density at radius 2 is 2.00 bits per heavy atom. The van der Waals surface area contributed by atoms with Gasteiger partial charge in [0.05, 0.1) is 11.8 Å². The molecule has 0 spiro atoms. The predicted octanol–water partition coefficient (Wildman–Crippen LogP) is 1.29. The molecule has 0 aliphatic carbocycles. The van der Waals surface area contributed by atoms with Crippen LogP contribution in [0.5, 0.6) is 0 Å². The summed E-state index contributed by atoms with van der Waals surface area (Å²) in [6.07, 6.45) is 2.94. The van der Waals surface area contributed by atoms with Crippen LogP contribution in [0, 0.1) is 0 Å². The largest absolute Gasteiger partial charge is 0.478 e. The van der Waals surface area contributed by atoms with E-state index in [4.69, 9.17) is 5.11 Å². The molecular weight excluding hydrogens is 258 g/mol. The van der Waals surface area contributed by atoms with Gasteiger partial charge < -0.3 is 10.4 Å². The van der Waals surface area contributed by atoms with Gasteiger partial charge in [-0.3, -0.25) is 9.48 Å². The Morgan fingerprint density at radius 3 is 2.65 bits per heavy atom. The topological polar surface area (TPSA) is 84.2 Å². The first kappa shape index (κ1) is 13.8. The summed E-state index contributed by atoms with van der Waals surface area (Å²) in [5, 5.41) is 15.4. The summed E-state index contributed by atoms with van der Waals surface area (Å²) in [6, 6.07) is 9.63. The van der Waals surface area contributed by atoms with Crippen molar-refractivity contribution >= 4 is 11.9 Å². The van der Waals surface area contributed by atoms with Crippen molar-refractivity contribution < 1.29 is 14.7 Å². The van der Waals surface area contributed by atoms with Crippen molar-refractivity contribution in [1.29, 1.82) is 0 Å². The van der Waals surface area contributed by atoms with E-state index in [1.165, 1.54) is 17.1 Å². The van der Waals surface area contributed by atoms with Crippen molar-refractivity contribution in [2.75, 3.05) is 0 Å². The van der Waals surface area contributed by atoms with Crippen LogP contribution >= 0.6 is 0 Å². The Kier molecular flexibility index (Phi) is 4.49. The minimum absolute atomic E-state index is 0.0961. The van der Waals surface area contributed by atoms with Gasteiger partial charge in [-0.05, 0) is 5.56 Å². The zero-order chi connectivity index (χ0) is 14.4. The van der Waals surface area contributed by atoms with Crippen molar-refractivity contribution in [2.45, 2.75) is 19.5 Å². The minimum atomic E-state index is -1.02. The van der Waals surface area contributed by atoms with Crippen molar-refractivity contribution in [2.24, 2.45) is 0 Å². The van der Waals surface area contributed by atoms with Crippen LogP contribution in [-0.4, -0.2) is 26.8 Å². The average molecular weight is 273 g/mol. The summed E-state index contributed by atoms with van der Waals surface area (Å²) < 4.78 is 1.45. The molecule has 6 heteroatoms. The van der Waals surface area contributed by atoms with Crippen LogP contribution in [0.25, 0.3) is 0 Å². The number of amides is 1. The maximum absolute atomic E-state index is 11.7. The Balaban J connectivity index is 1.76. The van der Waals surface area contributed by atoms with Crippen LogP contribution in [0.15, 0.2) is 42.7 Å². The van der Waals surface area contributed by atoms with E-state index >= 15 is 0 Å². The number of aromatic carboxylic acids is 1. The standard InChI is InChI=1S/C14H15N3O3/c18-13(15-8-11-4-2-1-3-5-11)6-7-17-10-12(9-16-17)14(19)20/h1-5,9-10H,6-8H2,(H,15,18)(H,19,20). The number of aryl methyl sites for hydroxylation is 1. The van der Waals surface area contributed by atoms with Gasteiger partial charge in [-0.2, -0.15) is 5.10 Å². The molecular formula is C14H15N3O3. The number of carbonyl (C=O) groups excluding carboxylic acids is 1. The first-order valence-electron chi connectivity index (χ1n) is 6.21. The van der Waals surface area contributed by atoms with Gasteiger partial charge in [0.1, 0.15) is 0 Å². The molecule has 2 aromatic rings. The lowest BCUT2D eigenvalue weighted by Gasteiger charge is -2.05. The molecule has 2 N–H and O–H groups in total. The Hall–Kier alpha value is -2.63. The fourth-order valence-corrected chi connectivity index (χ4v) is 1.70. The van der Waals surface area contributed by atoms with Crippen molar-refractivity contribution in [3.63, 3.8) is 0 Å². The zero-order valence-electron chi connectivity index (χ0n) is 10.8. The molecule has 0 atom stereocenters. The van der Waals surface area contributed by atoms with Gasteiger partial charge in [0.2, 0.25) is 5.91 Å². The second kappa shape index (κ2) is 6.51. The van der Waals surface area contributed by atoms with Crippen molar-refractivity contribution in [3.8, 4) is 0 Å². The molecule has 0 saturated carbocycles. The summed E-state index contributed by atoms with van der Waals surface area (Å²) in [5.41, 5.74) is 1.16. The lowest BCUT2D eigenvalue weighted by Crippen LogP contribution is -2.23. The molecule has 1 aromatic heterocycles. The van der Waals surface area contributed by atoms with Gasteiger partial charge in [-0.1, -0.05) is 30.3 Å². The third-order valence-electron chi connectivity index (χ3n) is 2.78. The van der Waals surface area contributed by atoms with Gasteiger partial charge in [0, 0.05) is 25.7 Å². The van der Waals surface area contributed by atoms with E-state index in [0.717, 1.165) is 5.56 Å². The van der Waals surface area contributed by atoms with Gasteiger partial charge in [0.15, 0.2) is 0 Å². The zero-order valence-corrected chi connectivity index (χ0v) is 10.8. The second-order valence-electron chi connectivity index (χ2n) is 4.31. The number of carboxylic acids is 1. The second-order valence-corrected chi connectivity index (χ2v) is 4.31. The maximum Gasteiger partial charge on any atom is 0.338 e. The fraction of sp³-hybridized carbons (Fsp3) is 0.214. The highest BCUT2D eigenvalue weighted by molar-refractivity contribution is 5.86. The van der Waals surface area contributed by atoms with E-state index in [1.807, 2.05) is 30.3 Å². The molecule has 6 nitrogen and oxygen atoms in total. The maximum atomic E-state index is 11.7. The van der Waals surface area contributed by atoms with E-state index in [-0.39, 0.29) is 17.9 Å². The number of carbonyl (C=O) groups is 2. The molecule has 0 fully saturated rings. The molecule has 104 valence electrons. The Labute approximate surface area is 116 Å². The molecule has 0 aliphatic rings. The van der Waals surface area contributed by atoms with Gasteiger partial charge in [0.25, 0.3) is 0 Å². The van der Waals surface area contributed by atoms with E-state index in [1.54, 1.807) is 0 Å². The molecule has 0 radical (unpaired) electrons. The lowest BCUT2D eigenvalue weighted by molar-refractivity contribution is -0.121. The molecule has 20 heavy (non-hydrogen) atoms. The lowest BCUT2D eigenvalue weighted by atomic mass is 10.2. The third kappa shape index (κ3) is 3.94. The normalized spacial score (nSPS) is 10.2. The summed E-state index contributed by atoms with van der Waals surface area (Å²) in [6.45, 7) is 0.840. The van der Waals surface area contributed by atoms with Crippen LogP contribution in [-0.2, 0) is 17.9 Å². The van der Waals surface area contributed by atoms with E-state index < -0.39 is 5.97 Å². The first-order chi connectivity index (χ1) is 9.65. The molecule has 0 aliphatic heterocycles. The first-order valence-corrected chi connectivity index (χ1v) is 6.21. The number of hydrogen-bond acceptors (Lipinski definition) is 3. The fourth-order valence-electron chi connectivity index (χ4n) is 1.70. The van der Waals surface area contributed by atoms with E-state index in [2.05, 4.69) is 10.4 Å². The van der Waals surface area contributed by atoms with Crippen LogP contribution in [0.4, 0.5) is 0 Å². The Bertz CT molecular complexity index is 593. The highest BCUT2D eigenvalue weighted by atomic mass is 16.4. The SMILES string of the molecule is O=C(CCn1cc(C(=O)O)cn1)NCc1ccccc1. The highest BCUT2D eigenvalue weighted by Gasteiger charge is 2.07. The highest BCUT2D eigenvalue weighted by Crippen LogP contribution is 2.00. The number of nitrogens with one attached hydrogen (secondary N) is 1. The molecule has 0 unspecified atom stereocenters. The average Bonchev–Trinajstić information content (AvgIpc) is 2.93. The molecule has 0 saturated heterocycles. The molecule has 1 amide bonds. The quantitative estimate of drug-likeness (QED) is 0.830. The molecule has 2 rings (SSSR count). The van der Waals surface area contributed by atoms with Crippen LogP contribution in [0.2, 0.25) is 0 Å². The number of rotatable bonds is 6. The number of benzene rings is 1. The smallest absolute Gasteiger partial charge is 0.338 e. The predicted molar refractivity (Wildman–Crippen MR) is 72.1 cm³/mol. The van der Waals surface area contributed by atoms with Crippen LogP contribution in [0.1, 0.15) is 22.3 Å². The van der Waals surface area contributed by atoms with Gasteiger partial charge >= 0.3 is 5.97 Å². The Morgan fingerprint density at radius 1 is 1.25 bits per heavy atom. The number of aromatic nitrogens is 2. The number of nitrogens with zero attached hydrogens (tertiary/aromatic N) is 2. The third-order valence-corrected chi connectivity index (χ3v) is 2.78. The van der Waals surface area contributed by atoms with Gasteiger partial charge in [-0.25, -0.2) is 4.79 Å². The van der Waals surface area contributed by atoms with Crippen molar-refractivity contribution in [1.82, 2.24) is 15.1 Å². The molecule has 1 heterocycles. The summed E-state index contributed by atoms with van der Waals surface area (Å²) >= 11 is 0. The molecule has 1 aromatic carbocycles. The van der Waals surface area contributed by atoms with Crippen LogP contribution < -0.4 is 5.32 Å². The monoisotopic (exact) mass is 273 g/mol. The summed E-state index contributed by atoms with van der Waals surface area (Å²) in [7, 11) is 0. The minimum Gasteiger partial charge on any atom is -0.478 e. The van der Waals surface area contributed by atoms with E-state index in [9.17, 15) is 9.59 Å². The summed E-state index contributed by atoms with van der Waals surface area (Å²) in [4.78, 5) is 22.3.